The Balaban J connectivity index is 1.78. The van der Waals surface area contributed by atoms with Gasteiger partial charge in [-0.25, -0.2) is 4.79 Å². The number of hydrogen-bond acceptors (Lipinski definition) is 6. The normalized spacial score (nSPS) is 27.3. The summed E-state index contributed by atoms with van der Waals surface area (Å²) in [4.78, 5) is 27.3. The standard InChI is InChI=1S/C15H27N3O5/c1-17-4-2-5-18(7-6-17)9-14(19)16-12-10-22-8-3-13(12)23-11-15(20)21/h12-13H,2-11H2,1H3,(H,16,19)(H,20,21)/t12-,13+/m1/s1. The number of carbonyl (C=O) groups is 2. The molecule has 132 valence electrons. The molecular weight excluding hydrogens is 302 g/mol. The molecule has 2 aliphatic rings. The minimum absolute atomic E-state index is 0.0611. The largest absolute Gasteiger partial charge is 0.480 e. The van der Waals surface area contributed by atoms with E-state index in [1.165, 1.54) is 0 Å². The summed E-state index contributed by atoms with van der Waals surface area (Å²) in [5.74, 6) is -1.07. The smallest absolute Gasteiger partial charge is 0.329 e. The predicted octanol–water partition coefficient (Wildman–Crippen LogP) is -1.00. The highest BCUT2D eigenvalue weighted by atomic mass is 16.5. The van der Waals surface area contributed by atoms with E-state index in [1.807, 2.05) is 0 Å². The maximum atomic E-state index is 12.3. The van der Waals surface area contributed by atoms with Crippen LogP contribution in [0.3, 0.4) is 0 Å². The van der Waals surface area contributed by atoms with Crippen LogP contribution >= 0.6 is 0 Å². The van der Waals surface area contributed by atoms with Crippen molar-refractivity contribution in [3.05, 3.63) is 0 Å². The van der Waals surface area contributed by atoms with Crippen LogP contribution in [0.5, 0.6) is 0 Å². The molecular formula is C15H27N3O5. The van der Waals surface area contributed by atoms with Gasteiger partial charge >= 0.3 is 5.97 Å². The second-order valence-corrected chi connectivity index (χ2v) is 6.21. The fourth-order valence-electron chi connectivity index (χ4n) is 2.94. The zero-order chi connectivity index (χ0) is 16.7. The fourth-order valence-corrected chi connectivity index (χ4v) is 2.94. The number of nitrogens with zero attached hydrogens (tertiary/aromatic N) is 2. The van der Waals surface area contributed by atoms with E-state index in [9.17, 15) is 9.59 Å². The fraction of sp³-hybridized carbons (Fsp3) is 0.867. The molecule has 8 heteroatoms. The Morgan fingerprint density at radius 2 is 2.13 bits per heavy atom. The molecule has 0 bridgehead atoms. The molecule has 2 atom stereocenters. The van der Waals surface area contributed by atoms with E-state index in [4.69, 9.17) is 14.6 Å². The molecule has 2 heterocycles. The van der Waals surface area contributed by atoms with E-state index >= 15 is 0 Å². The highest BCUT2D eigenvalue weighted by molar-refractivity contribution is 5.78. The van der Waals surface area contributed by atoms with Crippen molar-refractivity contribution in [3.8, 4) is 0 Å². The number of carbonyl (C=O) groups excluding carboxylic acids is 1. The van der Waals surface area contributed by atoms with Crippen LogP contribution in [0, 0.1) is 0 Å². The van der Waals surface area contributed by atoms with Gasteiger partial charge in [-0.2, -0.15) is 0 Å². The van der Waals surface area contributed by atoms with Gasteiger partial charge in [-0.05, 0) is 33.0 Å². The Morgan fingerprint density at radius 3 is 2.91 bits per heavy atom. The van der Waals surface area contributed by atoms with Gasteiger partial charge in [0.05, 0.1) is 25.3 Å². The SMILES string of the molecule is CN1CCCN(CC(=O)N[C@@H]2COCC[C@@H]2OCC(=O)O)CC1. The zero-order valence-electron chi connectivity index (χ0n) is 13.7. The topological polar surface area (TPSA) is 91.3 Å². The molecule has 2 saturated heterocycles. The number of rotatable bonds is 6. The van der Waals surface area contributed by atoms with Crippen molar-refractivity contribution in [2.24, 2.45) is 0 Å². The maximum Gasteiger partial charge on any atom is 0.329 e. The first-order valence-corrected chi connectivity index (χ1v) is 8.16. The van der Waals surface area contributed by atoms with Gasteiger partial charge in [-0.3, -0.25) is 9.69 Å². The highest BCUT2D eigenvalue weighted by Gasteiger charge is 2.29. The van der Waals surface area contributed by atoms with E-state index in [0.29, 0.717) is 26.2 Å². The minimum atomic E-state index is -1.00. The molecule has 2 N–H and O–H groups in total. The van der Waals surface area contributed by atoms with E-state index in [2.05, 4.69) is 22.2 Å². The molecule has 2 rings (SSSR count). The van der Waals surface area contributed by atoms with Crippen LogP contribution in [-0.2, 0) is 19.1 Å². The van der Waals surface area contributed by atoms with Gasteiger partial charge in [-0.1, -0.05) is 0 Å². The van der Waals surface area contributed by atoms with Crippen molar-refractivity contribution in [3.63, 3.8) is 0 Å². The highest BCUT2D eigenvalue weighted by Crippen LogP contribution is 2.12. The number of amides is 1. The molecule has 8 nitrogen and oxygen atoms in total. The van der Waals surface area contributed by atoms with Crippen LogP contribution in [0.25, 0.3) is 0 Å². The maximum absolute atomic E-state index is 12.3. The van der Waals surface area contributed by atoms with Gasteiger partial charge < -0.3 is 24.8 Å². The molecule has 0 aromatic carbocycles. The first-order chi connectivity index (χ1) is 11.0. The Hall–Kier alpha value is -1.22. The molecule has 0 aliphatic carbocycles. The van der Waals surface area contributed by atoms with E-state index < -0.39 is 5.97 Å². The second-order valence-electron chi connectivity index (χ2n) is 6.21. The number of aliphatic carboxylic acids is 1. The third kappa shape index (κ3) is 6.42. The van der Waals surface area contributed by atoms with Gasteiger partial charge in [0.1, 0.15) is 6.61 Å². The van der Waals surface area contributed by atoms with Crippen LogP contribution in [0.1, 0.15) is 12.8 Å². The van der Waals surface area contributed by atoms with Crippen molar-refractivity contribution in [1.82, 2.24) is 15.1 Å². The van der Waals surface area contributed by atoms with Crippen molar-refractivity contribution >= 4 is 11.9 Å². The number of nitrogens with one attached hydrogen (secondary N) is 1. The van der Waals surface area contributed by atoms with Crippen LogP contribution < -0.4 is 5.32 Å². The Kier molecular flexibility index (Phi) is 7.22. The summed E-state index contributed by atoms with van der Waals surface area (Å²) in [5.41, 5.74) is 0. The van der Waals surface area contributed by atoms with Gasteiger partial charge in [0.15, 0.2) is 0 Å². The number of carboxylic acid groups (broad SMARTS) is 1. The van der Waals surface area contributed by atoms with Crippen molar-refractivity contribution in [2.45, 2.75) is 25.0 Å². The molecule has 23 heavy (non-hydrogen) atoms. The predicted molar refractivity (Wildman–Crippen MR) is 83.3 cm³/mol. The van der Waals surface area contributed by atoms with Gasteiger partial charge in [-0.15, -0.1) is 0 Å². The summed E-state index contributed by atoms with van der Waals surface area (Å²) >= 11 is 0. The van der Waals surface area contributed by atoms with Gasteiger partial charge in [0.25, 0.3) is 0 Å². The monoisotopic (exact) mass is 329 g/mol. The van der Waals surface area contributed by atoms with E-state index in [-0.39, 0.29) is 24.7 Å². The lowest BCUT2D eigenvalue weighted by Gasteiger charge is -2.32. The van der Waals surface area contributed by atoms with Crippen molar-refractivity contribution in [2.75, 3.05) is 59.6 Å². The van der Waals surface area contributed by atoms with E-state index in [0.717, 1.165) is 32.6 Å². The van der Waals surface area contributed by atoms with Gasteiger partial charge in [0.2, 0.25) is 5.91 Å². The first kappa shape index (κ1) is 18.1. The average Bonchev–Trinajstić information content (AvgIpc) is 2.71. The number of hydrogen-bond donors (Lipinski definition) is 2. The average molecular weight is 329 g/mol. The van der Waals surface area contributed by atoms with Crippen LogP contribution in [-0.4, -0.2) is 98.5 Å². The molecule has 0 radical (unpaired) electrons. The molecule has 0 spiro atoms. The Morgan fingerprint density at radius 1 is 1.30 bits per heavy atom. The summed E-state index contributed by atoms with van der Waals surface area (Å²) in [6.07, 6.45) is 1.34. The molecule has 0 saturated carbocycles. The molecule has 0 unspecified atom stereocenters. The Bertz CT molecular complexity index is 407. The van der Waals surface area contributed by atoms with Crippen molar-refractivity contribution < 1.29 is 24.2 Å². The lowest BCUT2D eigenvalue weighted by molar-refractivity contribution is -0.148. The van der Waals surface area contributed by atoms with Crippen LogP contribution in [0.2, 0.25) is 0 Å². The van der Waals surface area contributed by atoms with Crippen LogP contribution in [0.15, 0.2) is 0 Å². The Labute approximate surface area is 136 Å². The molecule has 1 amide bonds. The summed E-state index contributed by atoms with van der Waals surface area (Å²) in [6, 6.07) is -0.287. The first-order valence-electron chi connectivity index (χ1n) is 8.16. The molecule has 2 fully saturated rings. The van der Waals surface area contributed by atoms with E-state index in [1.54, 1.807) is 0 Å². The quantitative estimate of drug-likeness (QED) is 0.646. The lowest BCUT2D eigenvalue weighted by atomic mass is 10.1. The molecule has 0 aromatic rings. The lowest BCUT2D eigenvalue weighted by Crippen LogP contribution is -2.53. The summed E-state index contributed by atoms with van der Waals surface area (Å²) in [7, 11) is 2.09. The number of carboxylic acids is 1. The zero-order valence-corrected chi connectivity index (χ0v) is 13.7. The summed E-state index contributed by atoms with van der Waals surface area (Å²) in [6.45, 7) is 4.70. The number of likely N-dealkylation sites (N-methyl/N-ethyl adjacent to an activating group) is 1. The van der Waals surface area contributed by atoms with Gasteiger partial charge in [0, 0.05) is 19.7 Å². The molecule has 0 aromatic heterocycles. The second kappa shape index (κ2) is 9.17. The van der Waals surface area contributed by atoms with Crippen LogP contribution in [0.4, 0.5) is 0 Å². The number of ether oxygens (including phenoxy) is 2. The summed E-state index contributed by atoms with van der Waals surface area (Å²) in [5, 5.41) is 11.7. The third-order valence-corrected chi connectivity index (χ3v) is 4.24. The molecule has 2 aliphatic heterocycles. The van der Waals surface area contributed by atoms with Crippen molar-refractivity contribution in [1.29, 1.82) is 0 Å². The minimum Gasteiger partial charge on any atom is -0.480 e. The third-order valence-electron chi connectivity index (χ3n) is 4.24. The summed E-state index contributed by atoms with van der Waals surface area (Å²) < 4.78 is 10.7.